The molecule has 0 aromatic carbocycles. The van der Waals surface area contributed by atoms with Crippen molar-refractivity contribution in [3.8, 4) is 0 Å². The Morgan fingerprint density at radius 2 is 2.12 bits per heavy atom. The van der Waals surface area contributed by atoms with Gasteiger partial charge < -0.3 is 11.1 Å². The van der Waals surface area contributed by atoms with Gasteiger partial charge in [-0.05, 0) is 32.4 Å². The molecular formula is C12H20N2OS. The Morgan fingerprint density at radius 1 is 1.50 bits per heavy atom. The number of nitrogens with one attached hydrogen (secondary N) is 1. The van der Waals surface area contributed by atoms with Gasteiger partial charge in [-0.3, -0.25) is 4.79 Å². The number of carbonyl (C=O) groups is 1. The topological polar surface area (TPSA) is 55.1 Å². The number of thiophene rings is 1. The Balaban J connectivity index is 2.49. The molecule has 0 saturated carbocycles. The van der Waals surface area contributed by atoms with Crippen LogP contribution >= 0.6 is 11.3 Å². The maximum Gasteiger partial charge on any atom is 0.224 e. The molecule has 1 aromatic rings. The van der Waals surface area contributed by atoms with Gasteiger partial charge in [-0.2, -0.15) is 0 Å². The van der Waals surface area contributed by atoms with Crippen molar-refractivity contribution in [3.63, 3.8) is 0 Å². The normalized spacial score (nSPS) is 14.6. The van der Waals surface area contributed by atoms with Gasteiger partial charge in [0.25, 0.3) is 0 Å². The molecule has 1 aromatic heterocycles. The molecule has 0 fully saturated rings. The van der Waals surface area contributed by atoms with Gasteiger partial charge in [-0.15, -0.1) is 11.3 Å². The lowest BCUT2D eigenvalue weighted by Gasteiger charge is -2.14. The van der Waals surface area contributed by atoms with E-state index in [1.54, 1.807) is 11.3 Å². The lowest BCUT2D eigenvalue weighted by Crippen LogP contribution is -2.38. The summed E-state index contributed by atoms with van der Waals surface area (Å²) in [5.74, 6) is -0.110. The third kappa shape index (κ3) is 3.32. The molecule has 1 rings (SSSR count). The Morgan fingerprint density at radius 3 is 2.56 bits per heavy atom. The van der Waals surface area contributed by atoms with Crippen LogP contribution in [0.15, 0.2) is 6.07 Å². The molecule has 2 atom stereocenters. The SMILES string of the molecule is Cc1cc(CNC(=O)C(C)C(C)N)sc1C. The van der Waals surface area contributed by atoms with Gasteiger partial charge in [0.15, 0.2) is 0 Å². The van der Waals surface area contributed by atoms with E-state index in [2.05, 4.69) is 25.2 Å². The summed E-state index contributed by atoms with van der Waals surface area (Å²) in [6.07, 6.45) is 0. The maximum absolute atomic E-state index is 11.7. The molecule has 1 heterocycles. The van der Waals surface area contributed by atoms with Crippen LogP contribution in [0.3, 0.4) is 0 Å². The first kappa shape index (κ1) is 13.2. The van der Waals surface area contributed by atoms with Crippen LogP contribution in [0.1, 0.15) is 29.2 Å². The van der Waals surface area contributed by atoms with Crippen molar-refractivity contribution in [1.29, 1.82) is 0 Å². The van der Waals surface area contributed by atoms with E-state index in [1.165, 1.54) is 15.3 Å². The zero-order valence-electron chi connectivity index (χ0n) is 10.3. The molecule has 0 radical (unpaired) electrons. The molecule has 0 aliphatic rings. The van der Waals surface area contributed by atoms with Crippen molar-refractivity contribution in [3.05, 3.63) is 21.4 Å². The highest BCUT2D eigenvalue weighted by molar-refractivity contribution is 7.12. The second kappa shape index (κ2) is 5.46. The van der Waals surface area contributed by atoms with Crippen LogP contribution in [0.2, 0.25) is 0 Å². The predicted octanol–water partition coefficient (Wildman–Crippen LogP) is 1.96. The highest BCUT2D eigenvalue weighted by Gasteiger charge is 2.16. The molecule has 0 bridgehead atoms. The van der Waals surface area contributed by atoms with Crippen molar-refractivity contribution in [2.45, 2.75) is 40.3 Å². The first-order valence-electron chi connectivity index (χ1n) is 5.51. The maximum atomic E-state index is 11.7. The summed E-state index contributed by atoms with van der Waals surface area (Å²) < 4.78 is 0. The van der Waals surface area contributed by atoms with Gasteiger partial charge in [-0.1, -0.05) is 6.92 Å². The summed E-state index contributed by atoms with van der Waals surface area (Å²) >= 11 is 1.73. The molecule has 90 valence electrons. The summed E-state index contributed by atoms with van der Waals surface area (Å²) in [6.45, 7) is 8.49. The summed E-state index contributed by atoms with van der Waals surface area (Å²) in [6, 6.07) is 2.02. The van der Waals surface area contributed by atoms with Crippen molar-refractivity contribution in [1.82, 2.24) is 5.32 Å². The van der Waals surface area contributed by atoms with E-state index in [4.69, 9.17) is 5.73 Å². The van der Waals surface area contributed by atoms with Crippen LogP contribution < -0.4 is 11.1 Å². The van der Waals surface area contributed by atoms with E-state index in [0.717, 1.165) is 0 Å². The van der Waals surface area contributed by atoms with Crippen LogP contribution in [0, 0.1) is 19.8 Å². The number of nitrogens with two attached hydrogens (primary N) is 1. The highest BCUT2D eigenvalue weighted by atomic mass is 32.1. The van der Waals surface area contributed by atoms with Crippen molar-refractivity contribution in [2.24, 2.45) is 11.7 Å². The van der Waals surface area contributed by atoms with Gasteiger partial charge >= 0.3 is 0 Å². The fourth-order valence-electron chi connectivity index (χ4n) is 1.31. The van der Waals surface area contributed by atoms with Gasteiger partial charge in [0.1, 0.15) is 0 Å². The second-order valence-electron chi connectivity index (χ2n) is 4.32. The number of aryl methyl sites for hydroxylation is 2. The Labute approximate surface area is 101 Å². The Bertz CT molecular complexity index is 352. The van der Waals surface area contributed by atoms with Crippen LogP contribution in [0.25, 0.3) is 0 Å². The molecule has 4 heteroatoms. The molecule has 2 unspecified atom stereocenters. The van der Waals surface area contributed by atoms with Gasteiger partial charge in [0, 0.05) is 21.7 Å². The molecule has 3 N–H and O–H groups in total. The third-order valence-corrected chi connectivity index (χ3v) is 4.01. The van der Waals surface area contributed by atoms with E-state index in [9.17, 15) is 4.79 Å². The van der Waals surface area contributed by atoms with Crippen LogP contribution in [0.4, 0.5) is 0 Å². The van der Waals surface area contributed by atoms with E-state index < -0.39 is 0 Å². The van der Waals surface area contributed by atoms with Crippen LogP contribution in [-0.4, -0.2) is 11.9 Å². The monoisotopic (exact) mass is 240 g/mol. The van der Waals surface area contributed by atoms with Gasteiger partial charge in [0.05, 0.1) is 6.54 Å². The first-order valence-corrected chi connectivity index (χ1v) is 6.32. The quantitative estimate of drug-likeness (QED) is 0.845. The Hall–Kier alpha value is -0.870. The van der Waals surface area contributed by atoms with Crippen molar-refractivity contribution in [2.75, 3.05) is 0 Å². The molecular weight excluding hydrogens is 220 g/mol. The smallest absolute Gasteiger partial charge is 0.224 e. The number of rotatable bonds is 4. The minimum absolute atomic E-state index is 0.0266. The lowest BCUT2D eigenvalue weighted by molar-refractivity contribution is -0.125. The molecule has 3 nitrogen and oxygen atoms in total. The highest BCUT2D eigenvalue weighted by Crippen LogP contribution is 2.20. The van der Waals surface area contributed by atoms with Gasteiger partial charge in [-0.25, -0.2) is 0 Å². The zero-order valence-corrected chi connectivity index (χ0v) is 11.1. The minimum atomic E-state index is -0.137. The largest absolute Gasteiger partial charge is 0.351 e. The van der Waals surface area contributed by atoms with E-state index in [1.807, 2.05) is 13.8 Å². The molecule has 0 saturated heterocycles. The predicted molar refractivity (Wildman–Crippen MR) is 68.5 cm³/mol. The number of amides is 1. The third-order valence-electron chi connectivity index (χ3n) is 2.86. The van der Waals surface area contributed by atoms with E-state index in [0.29, 0.717) is 6.54 Å². The summed E-state index contributed by atoms with van der Waals surface area (Å²) in [7, 11) is 0. The fourth-order valence-corrected chi connectivity index (χ4v) is 2.30. The summed E-state index contributed by atoms with van der Waals surface area (Å²) in [5.41, 5.74) is 6.96. The zero-order chi connectivity index (χ0) is 12.3. The molecule has 0 spiro atoms. The van der Waals surface area contributed by atoms with E-state index in [-0.39, 0.29) is 17.9 Å². The minimum Gasteiger partial charge on any atom is -0.351 e. The average Bonchev–Trinajstić information content (AvgIpc) is 2.53. The Kier molecular flexibility index (Phi) is 4.50. The molecule has 1 amide bonds. The number of hydrogen-bond acceptors (Lipinski definition) is 3. The van der Waals surface area contributed by atoms with Gasteiger partial charge in [0.2, 0.25) is 5.91 Å². The molecule has 0 aliphatic carbocycles. The summed E-state index contributed by atoms with van der Waals surface area (Å²) in [5, 5.41) is 2.91. The average molecular weight is 240 g/mol. The molecule has 16 heavy (non-hydrogen) atoms. The lowest BCUT2D eigenvalue weighted by atomic mass is 10.0. The first-order chi connectivity index (χ1) is 7.41. The van der Waals surface area contributed by atoms with E-state index >= 15 is 0 Å². The second-order valence-corrected chi connectivity index (χ2v) is 5.66. The van der Waals surface area contributed by atoms with Crippen LogP contribution in [-0.2, 0) is 11.3 Å². The molecule has 0 aliphatic heterocycles. The standard InChI is InChI=1S/C12H20N2OS/c1-7-5-11(16-10(7)4)6-14-12(15)8(2)9(3)13/h5,8-9H,6,13H2,1-4H3,(H,14,15). The fraction of sp³-hybridized carbons (Fsp3) is 0.583. The number of carbonyl (C=O) groups excluding carboxylic acids is 1. The number of hydrogen-bond donors (Lipinski definition) is 2. The van der Waals surface area contributed by atoms with Crippen molar-refractivity contribution >= 4 is 17.2 Å². The summed E-state index contributed by atoms with van der Waals surface area (Å²) in [4.78, 5) is 14.2. The van der Waals surface area contributed by atoms with Crippen LogP contribution in [0.5, 0.6) is 0 Å². The van der Waals surface area contributed by atoms with Crippen molar-refractivity contribution < 1.29 is 4.79 Å².